The second kappa shape index (κ2) is 6.51. The standard InChI is InChI=1S/C19H22O8/c1-8(20)26-15-11-10-6-7-19(3,13(11)16(15)27-9(2)21)14(18(23)25-5)12(10)17(22)24-4/h6-7,10-11,13,15-16H,1-5H3/t10-,11+,13-,15-,16-,19-/m0/s1. The monoisotopic (exact) mass is 378 g/mol. The molecule has 0 heterocycles. The number of allylic oxidation sites excluding steroid dienone is 2. The average molecular weight is 378 g/mol. The predicted molar refractivity (Wildman–Crippen MR) is 89.9 cm³/mol. The summed E-state index contributed by atoms with van der Waals surface area (Å²) in [6.07, 6.45) is 2.23. The van der Waals surface area contributed by atoms with E-state index >= 15 is 0 Å². The first-order valence-corrected chi connectivity index (χ1v) is 8.62. The number of carbonyl (C=O) groups is 4. The molecule has 1 saturated carbocycles. The van der Waals surface area contributed by atoms with Gasteiger partial charge in [-0.25, -0.2) is 9.59 Å². The van der Waals surface area contributed by atoms with Gasteiger partial charge in [0.25, 0.3) is 0 Å². The van der Waals surface area contributed by atoms with Gasteiger partial charge in [0.05, 0.1) is 25.4 Å². The number of esters is 4. The van der Waals surface area contributed by atoms with Crippen LogP contribution >= 0.6 is 0 Å². The summed E-state index contributed by atoms with van der Waals surface area (Å²) in [6, 6.07) is 0. The van der Waals surface area contributed by atoms with Crippen molar-refractivity contribution in [3.63, 3.8) is 0 Å². The van der Waals surface area contributed by atoms with Gasteiger partial charge in [0.15, 0.2) is 0 Å². The van der Waals surface area contributed by atoms with E-state index in [9.17, 15) is 19.2 Å². The lowest BCUT2D eigenvalue weighted by Crippen LogP contribution is -2.70. The van der Waals surface area contributed by atoms with E-state index in [1.165, 1.54) is 28.1 Å². The van der Waals surface area contributed by atoms with Crippen LogP contribution in [0, 0.1) is 23.2 Å². The smallest absolute Gasteiger partial charge is 0.335 e. The molecular weight excluding hydrogens is 356 g/mol. The van der Waals surface area contributed by atoms with Crippen molar-refractivity contribution in [2.45, 2.75) is 33.0 Å². The van der Waals surface area contributed by atoms with Gasteiger partial charge in [-0.1, -0.05) is 19.1 Å². The number of carbonyl (C=O) groups excluding carboxylic acids is 4. The third kappa shape index (κ3) is 2.65. The van der Waals surface area contributed by atoms with Crippen molar-refractivity contribution in [1.29, 1.82) is 0 Å². The fraction of sp³-hybridized carbons (Fsp3) is 0.579. The first-order chi connectivity index (χ1) is 12.7. The molecule has 0 radical (unpaired) electrons. The summed E-state index contributed by atoms with van der Waals surface area (Å²) in [5.41, 5.74) is -0.523. The minimum absolute atomic E-state index is 0.198. The molecule has 1 fully saturated rings. The number of methoxy groups -OCH3 is 2. The van der Waals surface area contributed by atoms with Crippen molar-refractivity contribution in [3.8, 4) is 0 Å². The zero-order valence-electron chi connectivity index (χ0n) is 15.8. The summed E-state index contributed by atoms with van der Waals surface area (Å²) in [6.45, 7) is 4.33. The second-order valence-corrected chi connectivity index (χ2v) is 7.19. The van der Waals surface area contributed by atoms with Crippen LogP contribution in [0.25, 0.3) is 0 Å². The normalized spacial score (nSPS) is 35.7. The van der Waals surface area contributed by atoms with E-state index in [-0.39, 0.29) is 23.0 Å². The summed E-state index contributed by atoms with van der Waals surface area (Å²) in [4.78, 5) is 48.2. The zero-order chi connectivity index (χ0) is 20.1. The molecule has 4 rings (SSSR count). The van der Waals surface area contributed by atoms with Gasteiger partial charge in [0.2, 0.25) is 0 Å². The first kappa shape index (κ1) is 19.1. The summed E-state index contributed by atoms with van der Waals surface area (Å²) < 4.78 is 20.7. The molecule has 0 saturated heterocycles. The Morgan fingerprint density at radius 1 is 0.926 bits per heavy atom. The molecule has 0 aromatic rings. The van der Waals surface area contributed by atoms with Gasteiger partial charge in [-0.3, -0.25) is 9.59 Å². The molecule has 146 valence electrons. The van der Waals surface area contributed by atoms with Gasteiger partial charge in [0, 0.05) is 37.0 Å². The Hall–Kier alpha value is -2.64. The fourth-order valence-corrected chi connectivity index (χ4v) is 4.86. The minimum atomic E-state index is -0.924. The van der Waals surface area contributed by atoms with Crippen LogP contribution in [0.5, 0.6) is 0 Å². The number of hydrogen-bond acceptors (Lipinski definition) is 8. The maximum absolute atomic E-state index is 12.5. The van der Waals surface area contributed by atoms with Crippen molar-refractivity contribution in [3.05, 3.63) is 23.3 Å². The van der Waals surface area contributed by atoms with Gasteiger partial charge in [0.1, 0.15) is 12.2 Å². The highest BCUT2D eigenvalue weighted by Crippen LogP contribution is 2.64. The lowest BCUT2D eigenvalue weighted by Gasteiger charge is -2.63. The van der Waals surface area contributed by atoms with E-state index in [0.29, 0.717) is 0 Å². The zero-order valence-corrected chi connectivity index (χ0v) is 15.8. The highest BCUT2D eigenvalue weighted by Gasteiger charge is 2.70. The summed E-state index contributed by atoms with van der Waals surface area (Å²) >= 11 is 0. The highest BCUT2D eigenvalue weighted by atomic mass is 16.6. The summed E-state index contributed by atoms with van der Waals surface area (Å²) in [7, 11) is 2.48. The molecule has 4 aliphatic carbocycles. The van der Waals surface area contributed by atoms with E-state index in [0.717, 1.165) is 0 Å². The quantitative estimate of drug-likeness (QED) is 0.404. The van der Waals surface area contributed by atoms with Crippen LogP contribution in [-0.2, 0) is 38.1 Å². The fourth-order valence-electron chi connectivity index (χ4n) is 4.86. The SMILES string of the molecule is COC(=O)C1=C(C(=O)OC)[C@@]2(C)C=C[C@H]1[C@H]1[C@H](OC(C)=O)[C@@H](OC(C)=O)[C@H]12. The molecule has 0 spiro atoms. The van der Waals surface area contributed by atoms with Crippen molar-refractivity contribution in [2.24, 2.45) is 23.2 Å². The average Bonchev–Trinajstić information content (AvgIpc) is 2.61. The molecule has 6 atom stereocenters. The minimum Gasteiger partial charge on any atom is -0.466 e. The Morgan fingerprint density at radius 3 is 2.00 bits per heavy atom. The second-order valence-electron chi connectivity index (χ2n) is 7.19. The van der Waals surface area contributed by atoms with Crippen LogP contribution in [0.1, 0.15) is 20.8 Å². The summed E-state index contributed by atoms with van der Waals surface area (Å²) in [5.74, 6) is -3.44. The molecule has 0 amide bonds. The van der Waals surface area contributed by atoms with Gasteiger partial charge in [-0.2, -0.15) is 0 Å². The third-order valence-corrected chi connectivity index (χ3v) is 5.77. The van der Waals surface area contributed by atoms with Crippen LogP contribution in [0.4, 0.5) is 0 Å². The molecule has 8 heteroatoms. The van der Waals surface area contributed by atoms with Gasteiger partial charge >= 0.3 is 23.9 Å². The van der Waals surface area contributed by atoms with Gasteiger partial charge in [-0.15, -0.1) is 0 Å². The van der Waals surface area contributed by atoms with Crippen molar-refractivity contribution in [2.75, 3.05) is 14.2 Å². The van der Waals surface area contributed by atoms with E-state index in [4.69, 9.17) is 18.9 Å². The largest absolute Gasteiger partial charge is 0.466 e. The Labute approximate surface area is 156 Å². The van der Waals surface area contributed by atoms with Crippen LogP contribution in [0.2, 0.25) is 0 Å². The van der Waals surface area contributed by atoms with Crippen LogP contribution in [0.3, 0.4) is 0 Å². The molecule has 0 aliphatic heterocycles. The topological polar surface area (TPSA) is 105 Å². The Balaban J connectivity index is 2.14. The Morgan fingerprint density at radius 2 is 1.48 bits per heavy atom. The maximum atomic E-state index is 12.5. The maximum Gasteiger partial charge on any atom is 0.335 e. The van der Waals surface area contributed by atoms with E-state index in [1.54, 1.807) is 6.92 Å². The van der Waals surface area contributed by atoms with E-state index in [1.807, 2.05) is 12.2 Å². The van der Waals surface area contributed by atoms with Crippen molar-refractivity contribution >= 4 is 23.9 Å². The summed E-state index contributed by atoms with van der Waals surface area (Å²) in [5, 5.41) is 0. The molecule has 0 unspecified atom stereocenters. The lowest BCUT2D eigenvalue weighted by molar-refractivity contribution is -0.233. The van der Waals surface area contributed by atoms with Gasteiger partial charge in [-0.05, 0) is 0 Å². The van der Waals surface area contributed by atoms with E-state index in [2.05, 4.69) is 0 Å². The molecular formula is C19H22O8. The molecule has 2 bridgehead atoms. The molecule has 0 aromatic heterocycles. The molecule has 4 aliphatic rings. The predicted octanol–water partition coefficient (Wildman–Crippen LogP) is 0.944. The first-order valence-electron chi connectivity index (χ1n) is 8.62. The molecule has 8 nitrogen and oxygen atoms in total. The molecule has 27 heavy (non-hydrogen) atoms. The van der Waals surface area contributed by atoms with Crippen LogP contribution in [0.15, 0.2) is 23.3 Å². The van der Waals surface area contributed by atoms with Crippen LogP contribution < -0.4 is 0 Å². The number of rotatable bonds is 4. The number of ether oxygens (including phenoxy) is 4. The lowest BCUT2D eigenvalue weighted by atomic mass is 9.43. The Bertz CT molecular complexity index is 779. The van der Waals surface area contributed by atoms with Crippen LogP contribution in [-0.4, -0.2) is 50.3 Å². The van der Waals surface area contributed by atoms with E-state index < -0.39 is 47.4 Å². The number of hydrogen-bond donors (Lipinski definition) is 0. The third-order valence-electron chi connectivity index (χ3n) is 5.77. The van der Waals surface area contributed by atoms with Crippen molar-refractivity contribution < 1.29 is 38.1 Å². The highest BCUT2D eigenvalue weighted by molar-refractivity contribution is 6.03. The molecule has 0 aromatic carbocycles. The Kier molecular flexibility index (Phi) is 4.61. The van der Waals surface area contributed by atoms with Crippen molar-refractivity contribution in [1.82, 2.24) is 0 Å². The van der Waals surface area contributed by atoms with Gasteiger partial charge < -0.3 is 18.9 Å². The molecule has 0 N–H and O–H groups in total.